The maximum Gasteiger partial charge on any atom is 0.449 e. The Hall–Kier alpha value is -3.15. The van der Waals surface area contributed by atoms with Crippen LogP contribution in [0.5, 0.6) is 0 Å². The van der Waals surface area contributed by atoms with Crippen LogP contribution in [0.4, 0.5) is 18.9 Å². The summed E-state index contributed by atoms with van der Waals surface area (Å²) >= 11 is 0. The lowest BCUT2D eigenvalue weighted by molar-refractivity contribution is -0.152. The predicted molar refractivity (Wildman–Crippen MR) is 91.0 cm³/mol. The number of alkyl halides is 3. The van der Waals surface area contributed by atoms with Crippen LogP contribution in [-0.4, -0.2) is 11.6 Å². The largest absolute Gasteiger partial charge is 0.451 e. The van der Waals surface area contributed by atoms with E-state index in [-0.39, 0.29) is 29.0 Å². The second kappa shape index (κ2) is 6.87. The minimum Gasteiger partial charge on any atom is -0.451 e. The van der Waals surface area contributed by atoms with Crippen LogP contribution >= 0.6 is 0 Å². The maximum absolute atomic E-state index is 12.7. The molecule has 1 aliphatic rings. The van der Waals surface area contributed by atoms with E-state index in [9.17, 15) is 22.8 Å². The van der Waals surface area contributed by atoms with E-state index >= 15 is 0 Å². The molecule has 0 atom stereocenters. The number of anilines is 1. The summed E-state index contributed by atoms with van der Waals surface area (Å²) in [4.78, 5) is 24.0. The van der Waals surface area contributed by atoms with Crippen molar-refractivity contribution in [2.75, 3.05) is 5.32 Å². The number of nitrogens with zero attached hydrogens (tertiary/aromatic N) is 2. The summed E-state index contributed by atoms with van der Waals surface area (Å²) in [5.74, 6) is 0.797. The molecule has 0 unspecified atom stereocenters. The molecule has 0 spiro atoms. The highest BCUT2D eigenvalue weighted by Gasteiger charge is 2.39. The van der Waals surface area contributed by atoms with Gasteiger partial charge in [0.25, 0.3) is 0 Å². The number of benzene rings is 1. The quantitative estimate of drug-likeness (QED) is 0.769. The zero-order chi connectivity index (χ0) is 19.7. The maximum atomic E-state index is 12.7. The van der Waals surface area contributed by atoms with Crippen molar-refractivity contribution in [2.24, 2.45) is 10.2 Å². The van der Waals surface area contributed by atoms with Gasteiger partial charge in [-0.15, -0.1) is 12.3 Å². The van der Waals surface area contributed by atoms with E-state index in [0.717, 1.165) is 0 Å². The number of hydrogen-bond donors (Lipinski definition) is 1. The standard InChI is InChI=1S/C18H14F3N3O3/c1-2-3-7-17(23-24-17)8-6-16(26)22-11-4-5-14-12(9-11)13(25)10-15(27-14)18(19,20)21/h1,4-5,9-10H,3,6-8H2,(H,22,26). The molecule has 1 amide bonds. The molecule has 9 heteroatoms. The van der Waals surface area contributed by atoms with Gasteiger partial charge in [0.1, 0.15) is 5.58 Å². The number of carbonyl (C=O) groups is 1. The van der Waals surface area contributed by atoms with E-state index in [2.05, 4.69) is 21.5 Å². The zero-order valence-corrected chi connectivity index (χ0v) is 14.0. The average molecular weight is 377 g/mol. The molecule has 0 aliphatic carbocycles. The van der Waals surface area contributed by atoms with Gasteiger partial charge in [0.15, 0.2) is 11.1 Å². The van der Waals surface area contributed by atoms with Gasteiger partial charge in [-0.05, 0) is 18.2 Å². The van der Waals surface area contributed by atoms with Gasteiger partial charge in [0.05, 0.1) is 5.39 Å². The zero-order valence-electron chi connectivity index (χ0n) is 14.0. The molecule has 1 aromatic heterocycles. The Balaban J connectivity index is 1.69. The van der Waals surface area contributed by atoms with Crippen molar-refractivity contribution in [3.8, 4) is 12.3 Å². The van der Waals surface area contributed by atoms with Crippen molar-refractivity contribution in [2.45, 2.75) is 37.5 Å². The summed E-state index contributed by atoms with van der Waals surface area (Å²) in [7, 11) is 0. The molecule has 6 nitrogen and oxygen atoms in total. The van der Waals surface area contributed by atoms with Crippen molar-refractivity contribution >= 4 is 22.6 Å². The highest BCUT2D eigenvalue weighted by Crippen LogP contribution is 2.37. The number of fused-ring (bicyclic) bond motifs is 1. The monoisotopic (exact) mass is 377 g/mol. The third-order valence-electron chi connectivity index (χ3n) is 4.10. The molecule has 0 bridgehead atoms. The Morgan fingerprint density at radius 2 is 2.00 bits per heavy atom. The molecular weight excluding hydrogens is 363 g/mol. The number of carbonyl (C=O) groups excluding carboxylic acids is 1. The van der Waals surface area contributed by atoms with Crippen molar-refractivity contribution in [3.63, 3.8) is 0 Å². The lowest BCUT2D eigenvalue weighted by atomic mass is 10.0. The summed E-state index contributed by atoms with van der Waals surface area (Å²) < 4.78 is 42.8. The van der Waals surface area contributed by atoms with Gasteiger partial charge >= 0.3 is 6.18 Å². The van der Waals surface area contributed by atoms with Crippen LogP contribution in [0.25, 0.3) is 11.0 Å². The first-order chi connectivity index (χ1) is 12.7. The summed E-state index contributed by atoms with van der Waals surface area (Å²) in [6.45, 7) is 0. The second-order valence-corrected chi connectivity index (χ2v) is 6.12. The van der Waals surface area contributed by atoms with E-state index in [0.29, 0.717) is 25.3 Å². The Morgan fingerprint density at radius 1 is 1.26 bits per heavy atom. The van der Waals surface area contributed by atoms with E-state index in [4.69, 9.17) is 10.8 Å². The third-order valence-corrected chi connectivity index (χ3v) is 4.10. The van der Waals surface area contributed by atoms with Crippen LogP contribution in [0.15, 0.2) is 43.7 Å². The van der Waals surface area contributed by atoms with E-state index in [1.54, 1.807) is 0 Å². The molecule has 1 aliphatic heterocycles. The van der Waals surface area contributed by atoms with Crippen LogP contribution in [0.2, 0.25) is 0 Å². The van der Waals surface area contributed by atoms with Crippen LogP contribution in [-0.2, 0) is 11.0 Å². The van der Waals surface area contributed by atoms with Crippen molar-refractivity contribution in [1.29, 1.82) is 0 Å². The summed E-state index contributed by atoms with van der Waals surface area (Å²) in [5.41, 5.74) is -1.36. The van der Waals surface area contributed by atoms with Gasteiger partial charge in [-0.3, -0.25) is 9.59 Å². The molecule has 3 rings (SSSR count). The van der Waals surface area contributed by atoms with Crippen molar-refractivity contribution in [1.82, 2.24) is 0 Å². The number of nitrogens with one attached hydrogen (secondary N) is 1. The molecule has 1 aromatic carbocycles. The topological polar surface area (TPSA) is 84.0 Å². The van der Waals surface area contributed by atoms with Gasteiger partial charge in [0, 0.05) is 37.4 Å². The Labute approximate surface area is 151 Å². The van der Waals surface area contributed by atoms with E-state index in [1.807, 2.05) is 0 Å². The van der Waals surface area contributed by atoms with Crippen molar-refractivity contribution < 1.29 is 22.4 Å². The second-order valence-electron chi connectivity index (χ2n) is 6.12. The SMILES string of the molecule is C#CCCC1(CCC(=O)Nc2ccc3oc(C(F)(F)F)cc(=O)c3c2)N=N1. The summed E-state index contributed by atoms with van der Waals surface area (Å²) in [6.07, 6.45) is 2.08. The molecule has 2 aromatic rings. The number of hydrogen-bond acceptors (Lipinski definition) is 5. The number of terminal acetylenes is 1. The number of halogens is 3. The minimum atomic E-state index is -4.76. The lowest BCUT2D eigenvalue weighted by Gasteiger charge is -2.10. The van der Waals surface area contributed by atoms with Gasteiger partial charge < -0.3 is 9.73 Å². The Bertz CT molecular complexity index is 1010. The van der Waals surface area contributed by atoms with Gasteiger partial charge in [-0.25, -0.2) is 0 Å². The molecule has 27 heavy (non-hydrogen) atoms. The molecule has 0 saturated heterocycles. The molecular formula is C18H14F3N3O3. The summed E-state index contributed by atoms with van der Waals surface area (Å²) in [5, 5.41) is 10.4. The smallest absolute Gasteiger partial charge is 0.449 e. The Morgan fingerprint density at radius 3 is 2.63 bits per heavy atom. The lowest BCUT2D eigenvalue weighted by Crippen LogP contribution is -2.18. The Kier molecular flexibility index (Phi) is 4.74. The molecule has 0 saturated carbocycles. The molecule has 0 radical (unpaired) electrons. The molecule has 140 valence electrons. The normalized spacial score (nSPS) is 14.7. The fourth-order valence-corrected chi connectivity index (χ4v) is 2.58. The van der Waals surface area contributed by atoms with Gasteiger partial charge in [0.2, 0.25) is 11.7 Å². The van der Waals surface area contributed by atoms with Crippen LogP contribution in [0, 0.1) is 12.3 Å². The van der Waals surface area contributed by atoms with E-state index in [1.165, 1.54) is 18.2 Å². The first-order valence-corrected chi connectivity index (χ1v) is 8.05. The fraction of sp³-hybridized carbons (Fsp3) is 0.333. The highest BCUT2D eigenvalue weighted by atomic mass is 19.4. The van der Waals surface area contributed by atoms with Crippen molar-refractivity contribution in [3.05, 3.63) is 40.2 Å². The molecule has 0 fully saturated rings. The molecule has 1 N–H and O–H groups in total. The molecule has 2 heterocycles. The average Bonchev–Trinajstić information content (AvgIpc) is 3.38. The number of rotatable bonds is 6. The fourth-order valence-electron chi connectivity index (χ4n) is 2.58. The van der Waals surface area contributed by atoms with Gasteiger partial charge in [-0.2, -0.15) is 23.4 Å². The number of amides is 1. The van der Waals surface area contributed by atoms with Crippen LogP contribution in [0.3, 0.4) is 0 Å². The van der Waals surface area contributed by atoms with E-state index < -0.39 is 23.0 Å². The van der Waals surface area contributed by atoms with Crippen LogP contribution < -0.4 is 10.7 Å². The first-order valence-electron chi connectivity index (χ1n) is 8.05. The first kappa shape index (κ1) is 18.6. The summed E-state index contributed by atoms with van der Waals surface area (Å²) in [6, 6.07) is 4.24. The predicted octanol–water partition coefficient (Wildman–Crippen LogP) is 4.11. The highest BCUT2D eigenvalue weighted by molar-refractivity contribution is 5.93. The third kappa shape index (κ3) is 4.34. The van der Waals surface area contributed by atoms with Crippen LogP contribution in [0.1, 0.15) is 31.4 Å². The minimum absolute atomic E-state index is 0.0570. The van der Waals surface area contributed by atoms with Gasteiger partial charge in [-0.1, -0.05) is 0 Å².